The number of fused-ring (bicyclic) bond motifs is 1. The van der Waals surface area contributed by atoms with E-state index < -0.39 is 0 Å². The molecule has 1 aromatic carbocycles. The molecule has 24 heavy (non-hydrogen) atoms. The van der Waals surface area contributed by atoms with Crippen molar-refractivity contribution in [3.63, 3.8) is 0 Å². The quantitative estimate of drug-likeness (QED) is 0.847. The van der Waals surface area contributed by atoms with E-state index in [1.165, 1.54) is 37.0 Å². The molecule has 2 aromatic rings. The van der Waals surface area contributed by atoms with Gasteiger partial charge in [-0.2, -0.15) is 0 Å². The summed E-state index contributed by atoms with van der Waals surface area (Å²) in [6, 6.07) is 5.27. The van der Waals surface area contributed by atoms with Gasteiger partial charge in [0.1, 0.15) is 5.75 Å². The van der Waals surface area contributed by atoms with E-state index in [-0.39, 0.29) is 11.8 Å². The van der Waals surface area contributed by atoms with Crippen LogP contribution in [-0.4, -0.2) is 21.0 Å². The van der Waals surface area contributed by atoms with Crippen LogP contribution in [0.5, 0.6) is 5.75 Å². The Morgan fingerprint density at radius 3 is 2.88 bits per heavy atom. The molecule has 0 bridgehead atoms. The SMILES string of the molecule is O=C(Nc1ncc(C2CCCCC2)s1)N1Cc2cccc(O)c2C1. The topological polar surface area (TPSA) is 65.5 Å². The van der Waals surface area contributed by atoms with E-state index in [1.807, 2.05) is 18.3 Å². The van der Waals surface area contributed by atoms with Crippen LogP contribution in [0.3, 0.4) is 0 Å². The third-order valence-corrected chi connectivity index (χ3v) is 6.07. The number of aromatic nitrogens is 1. The van der Waals surface area contributed by atoms with Crippen molar-refractivity contribution >= 4 is 22.5 Å². The highest BCUT2D eigenvalue weighted by Gasteiger charge is 2.26. The third-order valence-electron chi connectivity index (χ3n) is 4.99. The molecule has 5 nitrogen and oxygen atoms in total. The largest absolute Gasteiger partial charge is 0.508 e. The van der Waals surface area contributed by atoms with Crippen LogP contribution in [0, 0.1) is 0 Å². The minimum atomic E-state index is -0.157. The van der Waals surface area contributed by atoms with Crippen molar-refractivity contribution in [2.45, 2.75) is 51.1 Å². The Labute approximate surface area is 145 Å². The molecule has 1 aromatic heterocycles. The molecular weight excluding hydrogens is 322 g/mol. The molecular formula is C18H21N3O2S. The van der Waals surface area contributed by atoms with Crippen molar-refractivity contribution in [2.24, 2.45) is 0 Å². The molecule has 2 aliphatic rings. The lowest BCUT2D eigenvalue weighted by Gasteiger charge is -2.19. The molecule has 1 saturated carbocycles. The second-order valence-electron chi connectivity index (χ2n) is 6.60. The Morgan fingerprint density at radius 2 is 2.08 bits per heavy atom. The van der Waals surface area contributed by atoms with E-state index in [4.69, 9.17) is 0 Å². The molecule has 2 heterocycles. The first-order chi connectivity index (χ1) is 11.7. The lowest BCUT2D eigenvalue weighted by Crippen LogP contribution is -2.30. The standard InChI is InChI=1S/C18H21N3O2S/c22-15-8-4-7-13-10-21(11-14(13)15)18(23)20-17-19-9-16(24-17)12-5-2-1-3-6-12/h4,7-9,12,22H,1-3,5-6,10-11H2,(H,19,20,23). The number of carbonyl (C=O) groups is 1. The first kappa shape index (κ1) is 15.4. The summed E-state index contributed by atoms with van der Waals surface area (Å²) in [4.78, 5) is 19.8. The molecule has 0 atom stereocenters. The number of benzene rings is 1. The van der Waals surface area contributed by atoms with Crippen LogP contribution in [0.2, 0.25) is 0 Å². The molecule has 1 aliphatic carbocycles. The molecule has 0 spiro atoms. The van der Waals surface area contributed by atoms with E-state index in [0.717, 1.165) is 11.1 Å². The number of aromatic hydroxyl groups is 1. The number of hydrogen-bond acceptors (Lipinski definition) is 4. The van der Waals surface area contributed by atoms with Crippen molar-refractivity contribution in [1.82, 2.24) is 9.88 Å². The maximum absolute atomic E-state index is 12.5. The predicted molar refractivity (Wildman–Crippen MR) is 94.3 cm³/mol. The smallest absolute Gasteiger partial charge is 0.324 e. The number of nitrogens with one attached hydrogen (secondary N) is 1. The zero-order chi connectivity index (χ0) is 16.5. The van der Waals surface area contributed by atoms with E-state index in [2.05, 4.69) is 10.3 Å². The van der Waals surface area contributed by atoms with Crippen LogP contribution in [0.4, 0.5) is 9.93 Å². The average molecular weight is 343 g/mol. The number of hydrogen-bond donors (Lipinski definition) is 2. The number of urea groups is 1. The van der Waals surface area contributed by atoms with Crippen molar-refractivity contribution in [3.8, 4) is 5.75 Å². The van der Waals surface area contributed by atoms with E-state index in [9.17, 15) is 9.90 Å². The Hall–Kier alpha value is -2.08. The lowest BCUT2D eigenvalue weighted by atomic mass is 9.89. The summed E-state index contributed by atoms with van der Waals surface area (Å²) >= 11 is 1.59. The van der Waals surface area contributed by atoms with Crippen LogP contribution in [-0.2, 0) is 13.1 Å². The number of rotatable bonds is 2. The summed E-state index contributed by atoms with van der Waals surface area (Å²) < 4.78 is 0. The second kappa shape index (κ2) is 6.43. The molecule has 0 radical (unpaired) electrons. The number of nitrogens with zero attached hydrogens (tertiary/aromatic N) is 2. The van der Waals surface area contributed by atoms with Gasteiger partial charge in [-0.25, -0.2) is 9.78 Å². The van der Waals surface area contributed by atoms with Gasteiger partial charge in [0.15, 0.2) is 5.13 Å². The number of phenolic OH excluding ortho intramolecular Hbond substituents is 1. The Bertz CT molecular complexity index is 752. The Morgan fingerprint density at radius 1 is 1.25 bits per heavy atom. The molecule has 4 rings (SSSR count). The van der Waals surface area contributed by atoms with Crippen molar-refractivity contribution < 1.29 is 9.90 Å². The van der Waals surface area contributed by atoms with Gasteiger partial charge in [-0.15, -0.1) is 11.3 Å². The second-order valence-corrected chi connectivity index (χ2v) is 7.67. The first-order valence-electron chi connectivity index (χ1n) is 8.52. The van der Waals surface area contributed by atoms with Gasteiger partial charge in [-0.3, -0.25) is 5.32 Å². The normalized spacial score (nSPS) is 17.8. The highest BCUT2D eigenvalue weighted by Crippen LogP contribution is 2.37. The highest BCUT2D eigenvalue weighted by molar-refractivity contribution is 7.15. The Balaban J connectivity index is 1.40. The van der Waals surface area contributed by atoms with Gasteiger partial charge in [-0.05, 0) is 30.4 Å². The number of carbonyl (C=O) groups excluding carboxylic acids is 1. The lowest BCUT2D eigenvalue weighted by molar-refractivity contribution is 0.212. The summed E-state index contributed by atoms with van der Waals surface area (Å²) in [5.74, 6) is 0.867. The van der Waals surface area contributed by atoms with Crippen LogP contribution in [0.15, 0.2) is 24.4 Å². The molecule has 6 heteroatoms. The van der Waals surface area contributed by atoms with Crippen molar-refractivity contribution in [2.75, 3.05) is 5.32 Å². The number of thiazole rings is 1. The summed E-state index contributed by atoms with van der Waals surface area (Å²) in [5.41, 5.74) is 1.85. The molecule has 1 aliphatic heterocycles. The molecule has 1 fully saturated rings. The average Bonchev–Trinajstić information content (AvgIpc) is 3.23. The fraction of sp³-hybridized carbons (Fsp3) is 0.444. The predicted octanol–water partition coefficient (Wildman–Crippen LogP) is 4.44. The van der Waals surface area contributed by atoms with Gasteiger partial charge in [0.2, 0.25) is 0 Å². The first-order valence-corrected chi connectivity index (χ1v) is 9.34. The summed E-state index contributed by atoms with van der Waals surface area (Å²) in [7, 11) is 0. The Kier molecular flexibility index (Phi) is 4.14. The van der Waals surface area contributed by atoms with Crippen LogP contribution in [0.1, 0.15) is 54.0 Å². The van der Waals surface area contributed by atoms with Gasteiger partial charge in [-0.1, -0.05) is 31.4 Å². The maximum Gasteiger partial charge on any atom is 0.324 e. The van der Waals surface area contributed by atoms with Gasteiger partial charge in [0.25, 0.3) is 0 Å². The maximum atomic E-state index is 12.5. The van der Waals surface area contributed by atoms with Crippen molar-refractivity contribution in [1.29, 1.82) is 0 Å². The third kappa shape index (κ3) is 2.98. The molecule has 0 saturated heterocycles. The van der Waals surface area contributed by atoms with Gasteiger partial charge < -0.3 is 10.0 Å². The van der Waals surface area contributed by atoms with Gasteiger partial charge >= 0.3 is 6.03 Å². The number of phenols is 1. The fourth-order valence-corrected chi connectivity index (χ4v) is 4.61. The number of anilines is 1. The molecule has 0 unspecified atom stereocenters. The summed E-state index contributed by atoms with van der Waals surface area (Å²) in [5, 5.41) is 13.5. The van der Waals surface area contributed by atoms with Gasteiger partial charge in [0.05, 0.1) is 6.54 Å². The fourth-order valence-electron chi connectivity index (χ4n) is 3.64. The van der Waals surface area contributed by atoms with E-state index in [1.54, 1.807) is 22.3 Å². The monoisotopic (exact) mass is 343 g/mol. The molecule has 2 amide bonds. The van der Waals surface area contributed by atoms with E-state index >= 15 is 0 Å². The van der Waals surface area contributed by atoms with Crippen LogP contribution >= 0.6 is 11.3 Å². The summed E-state index contributed by atoms with van der Waals surface area (Å²) in [6.07, 6.45) is 8.30. The summed E-state index contributed by atoms with van der Waals surface area (Å²) in [6.45, 7) is 0.963. The van der Waals surface area contributed by atoms with Crippen LogP contribution in [0.25, 0.3) is 0 Å². The minimum Gasteiger partial charge on any atom is -0.508 e. The van der Waals surface area contributed by atoms with Crippen molar-refractivity contribution in [3.05, 3.63) is 40.4 Å². The minimum absolute atomic E-state index is 0.157. The molecule has 126 valence electrons. The molecule has 2 N–H and O–H groups in total. The number of amides is 2. The highest BCUT2D eigenvalue weighted by atomic mass is 32.1. The van der Waals surface area contributed by atoms with E-state index in [0.29, 0.717) is 24.1 Å². The van der Waals surface area contributed by atoms with Crippen LogP contribution < -0.4 is 5.32 Å². The zero-order valence-corrected chi connectivity index (χ0v) is 14.3. The zero-order valence-electron chi connectivity index (χ0n) is 13.5. The van der Waals surface area contributed by atoms with Gasteiger partial charge in [0, 0.05) is 23.2 Å².